The zero-order valence-corrected chi connectivity index (χ0v) is 6.40. The van der Waals surface area contributed by atoms with Gasteiger partial charge in [0.2, 0.25) is 0 Å². The van der Waals surface area contributed by atoms with Crippen LogP contribution in [-0.4, -0.2) is 13.3 Å². The summed E-state index contributed by atoms with van der Waals surface area (Å²) < 4.78 is 0. The number of hydrogen-bond donors (Lipinski definition) is 0. The Hall–Kier alpha value is -0.630. The maximum Gasteiger partial charge on any atom is 0.0292 e. The predicted octanol–water partition coefficient (Wildman–Crippen LogP) is 2.11. The van der Waals surface area contributed by atoms with Gasteiger partial charge in [-0.15, -0.1) is 11.3 Å². The molecule has 1 heterocycles. The van der Waals surface area contributed by atoms with E-state index in [4.69, 9.17) is 0 Å². The van der Waals surface area contributed by atoms with Crippen molar-refractivity contribution in [3.05, 3.63) is 21.9 Å². The molecule has 1 aromatic rings. The third kappa shape index (κ3) is 1.39. The molecule has 48 valence electrons. The average molecular weight is 139 g/mol. The molecule has 0 amide bonds. The maximum atomic E-state index is 3.92. The number of aryl methyl sites for hydroxylation is 1. The van der Waals surface area contributed by atoms with Crippen molar-refractivity contribution < 1.29 is 0 Å². The first-order valence-corrected chi connectivity index (χ1v) is 3.69. The van der Waals surface area contributed by atoms with Crippen LogP contribution in [0.2, 0.25) is 0 Å². The summed E-state index contributed by atoms with van der Waals surface area (Å²) >= 11 is 1.75. The van der Waals surface area contributed by atoms with Gasteiger partial charge in [-0.1, -0.05) is 0 Å². The second kappa shape index (κ2) is 2.78. The molecule has 9 heavy (non-hydrogen) atoms. The molecular formula is C7H9NS. The first-order valence-electron chi connectivity index (χ1n) is 2.81. The first kappa shape index (κ1) is 6.49. The van der Waals surface area contributed by atoms with Gasteiger partial charge in [0.15, 0.2) is 0 Å². The Morgan fingerprint density at radius 2 is 2.44 bits per heavy atom. The zero-order chi connectivity index (χ0) is 6.69. The summed E-state index contributed by atoms with van der Waals surface area (Å²) in [6.45, 7) is 2.10. The van der Waals surface area contributed by atoms with Crippen LogP contribution in [0.15, 0.2) is 16.4 Å². The van der Waals surface area contributed by atoms with Gasteiger partial charge in [0.1, 0.15) is 0 Å². The molecule has 0 saturated carbocycles. The van der Waals surface area contributed by atoms with Gasteiger partial charge in [-0.25, -0.2) is 0 Å². The summed E-state index contributed by atoms with van der Waals surface area (Å²) in [5, 5.41) is 2.08. The largest absolute Gasteiger partial charge is 0.296 e. The van der Waals surface area contributed by atoms with E-state index in [0.717, 1.165) is 0 Å². The number of aliphatic imine (C=N–C) groups is 1. The normalized spacial score (nSPS) is 10.9. The van der Waals surface area contributed by atoms with Crippen LogP contribution in [0.4, 0.5) is 0 Å². The highest BCUT2D eigenvalue weighted by molar-refractivity contribution is 7.10. The van der Waals surface area contributed by atoms with Crippen LogP contribution in [0.5, 0.6) is 0 Å². The molecule has 0 saturated heterocycles. The van der Waals surface area contributed by atoms with Gasteiger partial charge in [0.25, 0.3) is 0 Å². The Bertz CT molecular complexity index is 212. The maximum absolute atomic E-state index is 3.92. The standard InChI is InChI=1S/C7H9NS/c1-6-7(5-8-2)3-4-9-6/h3-5H,1-2H3. The summed E-state index contributed by atoms with van der Waals surface area (Å²) in [5.74, 6) is 0. The highest BCUT2D eigenvalue weighted by Crippen LogP contribution is 2.11. The highest BCUT2D eigenvalue weighted by Gasteiger charge is 1.91. The molecule has 0 unspecified atom stereocenters. The van der Waals surface area contributed by atoms with E-state index in [-0.39, 0.29) is 0 Å². The third-order valence-electron chi connectivity index (χ3n) is 1.17. The fourth-order valence-corrected chi connectivity index (χ4v) is 1.34. The van der Waals surface area contributed by atoms with Crippen LogP contribution in [0.1, 0.15) is 10.4 Å². The van der Waals surface area contributed by atoms with E-state index < -0.39 is 0 Å². The molecule has 0 aliphatic carbocycles. The van der Waals surface area contributed by atoms with Crippen LogP contribution >= 0.6 is 11.3 Å². The van der Waals surface area contributed by atoms with Crippen LogP contribution in [0.25, 0.3) is 0 Å². The van der Waals surface area contributed by atoms with E-state index in [1.165, 1.54) is 10.4 Å². The van der Waals surface area contributed by atoms with Gasteiger partial charge >= 0.3 is 0 Å². The Morgan fingerprint density at radius 1 is 1.67 bits per heavy atom. The molecule has 0 atom stereocenters. The first-order chi connectivity index (χ1) is 4.34. The molecule has 2 heteroatoms. The Morgan fingerprint density at radius 3 is 2.89 bits per heavy atom. The zero-order valence-electron chi connectivity index (χ0n) is 5.59. The van der Waals surface area contributed by atoms with Crippen LogP contribution in [-0.2, 0) is 0 Å². The number of rotatable bonds is 1. The Balaban J connectivity index is 2.94. The summed E-state index contributed by atoms with van der Waals surface area (Å²) in [7, 11) is 1.79. The lowest BCUT2D eigenvalue weighted by atomic mass is 10.3. The lowest BCUT2D eigenvalue weighted by molar-refractivity contribution is 1.46. The molecule has 0 N–H and O–H groups in total. The summed E-state index contributed by atoms with van der Waals surface area (Å²) in [6, 6.07) is 2.08. The molecule has 0 fully saturated rings. The minimum atomic E-state index is 1.24. The second-order valence-electron chi connectivity index (χ2n) is 1.82. The van der Waals surface area contributed by atoms with Crippen molar-refractivity contribution in [3.8, 4) is 0 Å². The van der Waals surface area contributed by atoms with Crippen LogP contribution in [0, 0.1) is 6.92 Å². The molecule has 1 nitrogen and oxygen atoms in total. The van der Waals surface area contributed by atoms with Crippen molar-refractivity contribution in [2.45, 2.75) is 6.92 Å². The molecule has 0 aromatic carbocycles. The van der Waals surface area contributed by atoms with Crippen molar-refractivity contribution in [1.29, 1.82) is 0 Å². The summed E-state index contributed by atoms with van der Waals surface area (Å²) in [5.41, 5.74) is 1.24. The number of thiophene rings is 1. The highest BCUT2D eigenvalue weighted by atomic mass is 32.1. The van der Waals surface area contributed by atoms with E-state index in [1.54, 1.807) is 18.4 Å². The minimum Gasteiger partial charge on any atom is -0.296 e. The van der Waals surface area contributed by atoms with E-state index in [1.807, 2.05) is 6.21 Å². The number of hydrogen-bond acceptors (Lipinski definition) is 2. The molecule has 0 aliphatic rings. The molecule has 1 rings (SSSR count). The Kier molecular flexibility index (Phi) is 2.01. The van der Waals surface area contributed by atoms with Crippen molar-refractivity contribution in [1.82, 2.24) is 0 Å². The SMILES string of the molecule is CN=Cc1ccsc1C. The summed E-state index contributed by atoms with van der Waals surface area (Å²) in [4.78, 5) is 5.25. The van der Waals surface area contributed by atoms with E-state index in [0.29, 0.717) is 0 Å². The van der Waals surface area contributed by atoms with Gasteiger partial charge < -0.3 is 0 Å². The lowest BCUT2D eigenvalue weighted by Gasteiger charge is -1.84. The third-order valence-corrected chi connectivity index (χ3v) is 2.03. The van der Waals surface area contributed by atoms with Gasteiger partial charge in [0.05, 0.1) is 0 Å². The van der Waals surface area contributed by atoms with E-state index >= 15 is 0 Å². The van der Waals surface area contributed by atoms with E-state index in [2.05, 4.69) is 23.4 Å². The second-order valence-corrected chi connectivity index (χ2v) is 2.94. The minimum absolute atomic E-state index is 1.24. The van der Waals surface area contributed by atoms with Crippen molar-refractivity contribution in [2.24, 2.45) is 4.99 Å². The van der Waals surface area contributed by atoms with Crippen LogP contribution < -0.4 is 0 Å². The van der Waals surface area contributed by atoms with Gasteiger partial charge in [-0.2, -0.15) is 0 Å². The molecule has 1 aromatic heterocycles. The number of nitrogens with zero attached hydrogens (tertiary/aromatic N) is 1. The summed E-state index contributed by atoms with van der Waals surface area (Å²) in [6.07, 6.45) is 1.88. The molecule has 0 spiro atoms. The molecule has 0 bridgehead atoms. The lowest BCUT2D eigenvalue weighted by Crippen LogP contribution is -1.76. The average Bonchev–Trinajstić information content (AvgIpc) is 2.18. The quantitative estimate of drug-likeness (QED) is 0.528. The van der Waals surface area contributed by atoms with Gasteiger partial charge in [0, 0.05) is 23.7 Å². The Labute approximate surface area is 59.1 Å². The molecular weight excluding hydrogens is 130 g/mol. The monoisotopic (exact) mass is 139 g/mol. The fraction of sp³-hybridized carbons (Fsp3) is 0.286. The van der Waals surface area contributed by atoms with E-state index in [9.17, 15) is 0 Å². The van der Waals surface area contributed by atoms with Crippen molar-refractivity contribution in [2.75, 3.05) is 7.05 Å². The molecule has 0 aliphatic heterocycles. The topological polar surface area (TPSA) is 12.4 Å². The van der Waals surface area contributed by atoms with Crippen LogP contribution in [0.3, 0.4) is 0 Å². The fourth-order valence-electron chi connectivity index (χ4n) is 0.668. The smallest absolute Gasteiger partial charge is 0.0292 e. The van der Waals surface area contributed by atoms with Gasteiger partial charge in [-0.3, -0.25) is 4.99 Å². The van der Waals surface area contributed by atoms with Gasteiger partial charge in [-0.05, 0) is 18.4 Å². The van der Waals surface area contributed by atoms with Crippen molar-refractivity contribution >= 4 is 17.6 Å². The van der Waals surface area contributed by atoms with Crippen molar-refractivity contribution in [3.63, 3.8) is 0 Å². The predicted molar refractivity (Wildman–Crippen MR) is 42.6 cm³/mol. The molecule has 0 radical (unpaired) electrons.